The Morgan fingerprint density at radius 2 is 2.18 bits per heavy atom. The van der Waals surface area contributed by atoms with Gasteiger partial charge in [-0.05, 0) is 55.0 Å². The van der Waals surface area contributed by atoms with Crippen LogP contribution in [-0.4, -0.2) is 23.5 Å². The average molecular weight is 318 g/mol. The standard InChI is InChI=1S/C17H19FN2OS/c18-14-1-3-15(4-2-14)20-16-7-13-5-6-22-11-17(13,10-21)8-12(16)9-19/h1,3,7,9-10H,2,4-6,8,11,19H2. The number of carbonyl (C=O) groups is 1. The average Bonchev–Trinajstić information content (AvgIpc) is 2.56. The molecule has 1 atom stereocenters. The fourth-order valence-electron chi connectivity index (χ4n) is 3.10. The van der Waals surface area contributed by atoms with Gasteiger partial charge in [0.15, 0.2) is 0 Å². The highest BCUT2D eigenvalue weighted by molar-refractivity contribution is 7.99. The molecule has 1 heterocycles. The smallest absolute Gasteiger partial charge is 0.131 e. The molecule has 0 spiro atoms. The van der Waals surface area contributed by atoms with Gasteiger partial charge in [0.05, 0.1) is 11.1 Å². The van der Waals surface area contributed by atoms with E-state index < -0.39 is 5.41 Å². The third kappa shape index (κ3) is 2.82. The Labute approximate surface area is 133 Å². The highest BCUT2D eigenvalue weighted by Crippen LogP contribution is 2.45. The molecule has 116 valence electrons. The van der Waals surface area contributed by atoms with Crippen LogP contribution in [0.15, 0.2) is 52.1 Å². The number of halogens is 1. The van der Waals surface area contributed by atoms with Gasteiger partial charge in [-0.3, -0.25) is 4.99 Å². The molecule has 5 heteroatoms. The summed E-state index contributed by atoms with van der Waals surface area (Å²) in [6, 6.07) is 0. The van der Waals surface area contributed by atoms with Crippen molar-refractivity contribution in [2.75, 3.05) is 11.5 Å². The second-order valence-electron chi connectivity index (χ2n) is 5.88. The van der Waals surface area contributed by atoms with Gasteiger partial charge in [0.1, 0.15) is 12.1 Å². The largest absolute Gasteiger partial charge is 0.404 e. The van der Waals surface area contributed by atoms with Crippen LogP contribution in [0.4, 0.5) is 4.39 Å². The molecule has 3 aliphatic rings. The molecule has 3 nitrogen and oxygen atoms in total. The van der Waals surface area contributed by atoms with Crippen molar-refractivity contribution in [1.29, 1.82) is 0 Å². The molecule has 0 aromatic heterocycles. The van der Waals surface area contributed by atoms with Gasteiger partial charge < -0.3 is 10.5 Å². The summed E-state index contributed by atoms with van der Waals surface area (Å²) in [4.78, 5) is 16.3. The third-order valence-corrected chi connectivity index (χ3v) is 5.64. The molecule has 0 amide bonds. The van der Waals surface area contributed by atoms with Gasteiger partial charge in [-0.2, -0.15) is 11.8 Å². The molecule has 1 unspecified atom stereocenters. The van der Waals surface area contributed by atoms with Gasteiger partial charge in [0.25, 0.3) is 0 Å². The zero-order chi connectivity index (χ0) is 15.6. The van der Waals surface area contributed by atoms with Gasteiger partial charge in [0, 0.05) is 17.9 Å². The van der Waals surface area contributed by atoms with E-state index in [-0.39, 0.29) is 5.83 Å². The van der Waals surface area contributed by atoms with E-state index in [1.165, 1.54) is 6.08 Å². The summed E-state index contributed by atoms with van der Waals surface area (Å²) < 4.78 is 13.1. The Hall–Kier alpha value is -1.62. The van der Waals surface area contributed by atoms with E-state index in [2.05, 4.69) is 4.99 Å². The minimum atomic E-state index is -0.417. The van der Waals surface area contributed by atoms with Crippen LogP contribution in [0, 0.1) is 5.41 Å². The maximum absolute atomic E-state index is 13.1. The zero-order valence-corrected chi connectivity index (χ0v) is 13.2. The number of aldehydes is 1. The maximum Gasteiger partial charge on any atom is 0.131 e. The van der Waals surface area contributed by atoms with Crippen molar-refractivity contribution in [3.63, 3.8) is 0 Å². The van der Waals surface area contributed by atoms with Crippen LogP contribution < -0.4 is 5.73 Å². The second kappa shape index (κ2) is 6.24. The second-order valence-corrected chi connectivity index (χ2v) is 6.99. The van der Waals surface area contributed by atoms with E-state index in [9.17, 15) is 9.18 Å². The number of hydrogen-bond acceptors (Lipinski definition) is 4. The number of fused-ring (bicyclic) bond motifs is 1. The van der Waals surface area contributed by atoms with Crippen LogP contribution in [0.1, 0.15) is 25.7 Å². The molecule has 0 bridgehead atoms. The van der Waals surface area contributed by atoms with Crippen LogP contribution in [0.5, 0.6) is 0 Å². The summed E-state index contributed by atoms with van der Waals surface area (Å²) >= 11 is 1.81. The van der Waals surface area contributed by atoms with Crippen LogP contribution in [0.2, 0.25) is 0 Å². The van der Waals surface area contributed by atoms with Crippen molar-refractivity contribution in [2.24, 2.45) is 16.1 Å². The van der Waals surface area contributed by atoms with Crippen molar-refractivity contribution in [3.8, 4) is 0 Å². The molecule has 0 aromatic carbocycles. The minimum absolute atomic E-state index is 0.107. The number of carbonyl (C=O) groups excluding carboxylic acids is 1. The molecule has 0 aromatic rings. The number of hydrogen-bond donors (Lipinski definition) is 1. The highest BCUT2D eigenvalue weighted by atomic mass is 32.2. The zero-order valence-electron chi connectivity index (χ0n) is 12.3. The maximum atomic E-state index is 13.1. The molecule has 1 aliphatic heterocycles. The fraction of sp³-hybridized carbons (Fsp3) is 0.412. The molecule has 0 saturated carbocycles. The SMILES string of the molecule is NC=C1CC2(C=O)CSCCC2=CC1=NC1=CC=C(F)CC1. The molecule has 3 rings (SSSR count). The lowest BCUT2D eigenvalue weighted by atomic mass is 9.71. The third-order valence-electron chi connectivity index (χ3n) is 4.43. The number of nitrogens with zero attached hydrogens (tertiary/aromatic N) is 1. The first kappa shape index (κ1) is 15.3. The lowest BCUT2D eigenvalue weighted by Crippen LogP contribution is -2.37. The topological polar surface area (TPSA) is 55.5 Å². The highest BCUT2D eigenvalue weighted by Gasteiger charge is 2.41. The fourth-order valence-corrected chi connectivity index (χ4v) is 4.32. The van der Waals surface area contributed by atoms with Crippen LogP contribution in [-0.2, 0) is 4.79 Å². The summed E-state index contributed by atoms with van der Waals surface area (Å²) in [6.45, 7) is 0. The van der Waals surface area contributed by atoms with E-state index in [1.54, 1.807) is 12.3 Å². The summed E-state index contributed by atoms with van der Waals surface area (Å²) in [7, 11) is 0. The van der Waals surface area contributed by atoms with Crippen molar-refractivity contribution in [1.82, 2.24) is 0 Å². The Morgan fingerprint density at radius 1 is 1.32 bits per heavy atom. The number of rotatable bonds is 2. The van der Waals surface area contributed by atoms with Crippen molar-refractivity contribution < 1.29 is 9.18 Å². The van der Waals surface area contributed by atoms with E-state index in [0.29, 0.717) is 19.3 Å². The number of nitrogens with two attached hydrogens (primary N) is 1. The van der Waals surface area contributed by atoms with Gasteiger partial charge in [0.2, 0.25) is 0 Å². The number of aliphatic imine (C=N–C) groups is 1. The first-order valence-electron chi connectivity index (χ1n) is 7.47. The minimum Gasteiger partial charge on any atom is -0.404 e. The molecule has 2 N–H and O–H groups in total. The van der Waals surface area contributed by atoms with Crippen molar-refractivity contribution in [2.45, 2.75) is 25.7 Å². The number of thioether (sulfide) groups is 1. The normalized spacial score (nSPS) is 32.1. The summed E-state index contributed by atoms with van der Waals surface area (Å²) in [5, 5.41) is 0. The quantitative estimate of drug-likeness (QED) is 0.793. The molecule has 2 aliphatic carbocycles. The van der Waals surface area contributed by atoms with Crippen LogP contribution >= 0.6 is 11.8 Å². The lowest BCUT2D eigenvalue weighted by Gasteiger charge is -2.38. The Balaban J connectivity index is 1.99. The Morgan fingerprint density at radius 3 is 2.86 bits per heavy atom. The molecule has 1 fully saturated rings. The lowest BCUT2D eigenvalue weighted by molar-refractivity contribution is -0.113. The van der Waals surface area contributed by atoms with E-state index in [0.717, 1.165) is 46.8 Å². The Kier molecular flexibility index (Phi) is 4.34. The van der Waals surface area contributed by atoms with Crippen LogP contribution in [0.3, 0.4) is 0 Å². The molecule has 22 heavy (non-hydrogen) atoms. The number of allylic oxidation sites excluding steroid dienone is 7. The van der Waals surface area contributed by atoms with E-state index >= 15 is 0 Å². The Bertz CT molecular complexity index is 645. The van der Waals surface area contributed by atoms with E-state index in [1.807, 2.05) is 17.8 Å². The predicted octanol–water partition coefficient (Wildman–Crippen LogP) is 3.45. The molecule has 1 saturated heterocycles. The summed E-state index contributed by atoms with van der Waals surface area (Å²) in [6.07, 6.45) is 10.4. The summed E-state index contributed by atoms with van der Waals surface area (Å²) in [5.41, 5.74) is 9.09. The van der Waals surface area contributed by atoms with Gasteiger partial charge in [-0.1, -0.05) is 5.57 Å². The molecular weight excluding hydrogens is 299 g/mol. The first-order chi connectivity index (χ1) is 10.7. The van der Waals surface area contributed by atoms with Gasteiger partial charge >= 0.3 is 0 Å². The van der Waals surface area contributed by atoms with Crippen molar-refractivity contribution >= 4 is 23.8 Å². The monoisotopic (exact) mass is 318 g/mol. The molecule has 0 radical (unpaired) electrons. The van der Waals surface area contributed by atoms with E-state index in [4.69, 9.17) is 5.73 Å². The van der Waals surface area contributed by atoms with Gasteiger partial charge in [-0.15, -0.1) is 0 Å². The van der Waals surface area contributed by atoms with Crippen LogP contribution in [0.25, 0.3) is 0 Å². The summed E-state index contributed by atoms with van der Waals surface area (Å²) in [5.74, 6) is 1.74. The predicted molar refractivity (Wildman–Crippen MR) is 89.4 cm³/mol. The first-order valence-corrected chi connectivity index (χ1v) is 8.62. The molecular formula is C17H19FN2OS. The van der Waals surface area contributed by atoms with Crippen molar-refractivity contribution in [3.05, 3.63) is 47.1 Å². The van der Waals surface area contributed by atoms with Gasteiger partial charge in [-0.25, -0.2) is 4.39 Å².